The smallest absolute Gasteiger partial charge is 0.264 e. The molecule has 2 N–H and O–H groups in total. The summed E-state index contributed by atoms with van der Waals surface area (Å²) in [6, 6.07) is 5.23. The van der Waals surface area contributed by atoms with Crippen LogP contribution in [0.25, 0.3) is 0 Å². The number of nitrogens with zero attached hydrogens (tertiary/aromatic N) is 1. The SMILES string of the molecule is C[N+](C)=CNC(=S)Nc1ccc(Cl)c(Cl)c1. The van der Waals surface area contributed by atoms with E-state index in [2.05, 4.69) is 10.6 Å². The first kappa shape index (κ1) is 13.2. The lowest BCUT2D eigenvalue weighted by Crippen LogP contribution is -2.29. The van der Waals surface area contributed by atoms with Gasteiger partial charge in [0.2, 0.25) is 6.34 Å². The van der Waals surface area contributed by atoms with Gasteiger partial charge in [-0.15, -0.1) is 0 Å². The van der Waals surface area contributed by atoms with E-state index in [-0.39, 0.29) is 0 Å². The number of anilines is 1. The molecule has 1 aromatic rings. The van der Waals surface area contributed by atoms with Crippen LogP contribution in [-0.2, 0) is 0 Å². The van der Waals surface area contributed by atoms with E-state index in [1.54, 1.807) is 24.5 Å². The van der Waals surface area contributed by atoms with Crippen LogP contribution in [0.2, 0.25) is 10.0 Å². The topological polar surface area (TPSA) is 27.1 Å². The summed E-state index contributed by atoms with van der Waals surface area (Å²) in [5, 5.41) is 7.40. The normalized spacial score (nSPS) is 9.50. The van der Waals surface area contributed by atoms with Crippen LogP contribution in [0.5, 0.6) is 0 Å². The van der Waals surface area contributed by atoms with Gasteiger partial charge in [0.15, 0.2) is 0 Å². The molecule has 0 amide bonds. The maximum atomic E-state index is 5.87. The Morgan fingerprint density at radius 2 is 2.00 bits per heavy atom. The van der Waals surface area contributed by atoms with Crippen LogP contribution < -0.4 is 10.6 Å². The Balaban J connectivity index is 2.63. The second-order valence-electron chi connectivity index (χ2n) is 3.32. The Morgan fingerprint density at radius 1 is 1.31 bits per heavy atom. The van der Waals surface area contributed by atoms with Crippen LogP contribution in [0.15, 0.2) is 18.2 Å². The third kappa shape index (κ3) is 4.35. The predicted octanol–water partition coefficient (Wildman–Crippen LogP) is 2.58. The molecule has 0 spiro atoms. The van der Waals surface area contributed by atoms with Crippen molar-refractivity contribution >= 4 is 52.6 Å². The molecule has 0 radical (unpaired) electrons. The highest BCUT2D eigenvalue weighted by molar-refractivity contribution is 7.80. The zero-order chi connectivity index (χ0) is 12.1. The maximum absolute atomic E-state index is 5.87. The summed E-state index contributed by atoms with van der Waals surface area (Å²) >= 11 is 16.7. The monoisotopic (exact) mass is 276 g/mol. The van der Waals surface area contributed by atoms with Gasteiger partial charge < -0.3 is 5.32 Å². The Hall–Kier alpha value is -0.840. The summed E-state index contributed by atoms with van der Waals surface area (Å²) in [4.78, 5) is 0. The molecule has 3 nitrogen and oxygen atoms in total. The molecule has 0 atom stereocenters. The van der Waals surface area contributed by atoms with E-state index in [4.69, 9.17) is 35.4 Å². The Morgan fingerprint density at radius 3 is 2.56 bits per heavy atom. The molecule has 0 aliphatic heterocycles. The number of rotatable bonds is 2. The highest BCUT2D eigenvalue weighted by Crippen LogP contribution is 2.24. The van der Waals surface area contributed by atoms with E-state index >= 15 is 0 Å². The summed E-state index contributed by atoms with van der Waals surface area (Å²) in [5.41, 5.74) is 0.791. The molecule has 0 saturated heterocycles. The van der Waals surface area contributed by atoms with Crippen molar-refractivity contribution in [3.8, 4) is 0 Å². The van der Waals surface area contributed by atoms with E-state index in [9.17, 15) is 0 Å². The number of hydrogen-bond donors (Lipinski definition) is 2. The number of benzene rings is 1. The second-order valence-corrected chi connectivity index (χ2v) is 4.54. The average molecular weight is 277 g/mol. The van der Waals surface area contributed by atoms with Gasteiger partial charge in [-0.05, 0) is 30.4 Å². The molecule has 0 aliphatic rings. The molecule has 0 heterocycles. The van der Waals surface area contributed by atoms with Gasteiger partial charge in [-0.25, -0.2) is 5.32 Å². The lowest BCUT2D eigenvalue weighted by Gasteiger charge is -2.04. The van der Waals surface area contributed by atoms with Crippen molar-refractivity contribution in [1.82, 2.24) is 5.32 Å². The first-order valence-electron chi connectivity index (χ1n) is 4.51. The van der Waals surface area contributed by atoms with E-state index in [1.165, 1.54) is 0 Å². The lowest BCUT2D eigenvalue weighted by atomic mass is 10.3. The minimum Gasteiger partial charge on any atom is -0.313 e. The minimum absolute atomic E-state index is 0.492. The van der Waals surface area contributed by atoms with Crippen LogP contribution >= 0.6 is 35.4 Å². The predicted molar refractivity (Wildman–Crippen MR) is 74.0 cm³/mol. The summed E-state index contributed by atoms with van der Waals surface area (Å²) < 4.78 is 1.85. The fourth-order valence-corrected chi connectivity index (χ4v) is 1.40. The Kier molecular flexibility index (Phi) is 4.99. The van der Waals surface area contributed by atoms with Crippen molar-refractivity contribution in [3.63, 3.8) is 0 Å². The van der Waals surface area contributed by atoms with Crippen molar-refractivity contribution in [1.29, 1.82) is 0 Å². The number of hydrogen-bond acceptors (Lipinski definition) is 1. The lowest BCUT2D eigenvalue weighted by molar-refractivity contribution is -0.460. The van der Waals surface area contributed by atoms with Gasteiger partial charge in [-0.3, -0.25) is 4.58 Å². The number of halogens is 2. The van der Waals surface area contributed by atoms with E-state index < -0.39 is 0 Å². The second kappa shape index (κ2) is 6.03. The van der Waals surface area contributed by atoms with E-state index in [0.29, 0.717) is 15.2 Å². The maximum Gasteiger partial charge on any atom is 0.264 e. The highest BCUT2D eigenvalue weighted by Gasteiger charge is 2.03. The van der Waals surface area contributed by atoms with Gasteiger partial charge in [0.05, 0.1) is 24.1 Å². The Bertz CT molecular complexity index is 428. The van der Waals surface area contributed by atoms with Gasteiger partial charge >= 0.3 is 0 Å². The summed E-state index contributed by atoms with van der Waals surface area (Å²) in [6.07, 6.45) is 1.74. The van der Waals surface area contributed by atoms with Gasteiger partial charge in [0.25, 0.3) is 5.11 Å². The van der Waals surface area contributed by atoms with Gasteiger partial charge in [0, 0.05) is 5.69 Å². The van der Waals surface area contributed by atoms with E-state index in [0.717, 1.165) is 5.69 Å². The first-order valence-corrected chi connectivity index (χ1v) is 5.68. The third-order valence-corrected chi connectivity index (χ3v) is 2.59. The van der Waals surface area contributed by atoms with Gasteiger partial charge in [-0.2, -0.15) is 0 Å². The molecule has 0 aromatic heterocycles. The zero-order valence-electron chi connectivity index (χ0n) is 8.92. The van der Waals surface area contributed by atoms with Crippen LogP contribution in [0.4, 0.5) is 5.69 Å². The highest BCUT2D eigenvalue weighted by atomic mass is 35.5. The summed E-state index contributed by atoms with van der Waals surface area (Å²) in [7, 11) is 3.80. The molecule has 0 bridgehead atoms. The molecule has 1 aromatic carbocycles. The molecule has 16 heavy (non-hydrogen) atoms. The molecule has 0 unspecified atom stereocenters. The fourth-order valence-electron chi connectivity index (χ4n) is 0.929. The third-order valence-electron chi connectivity index (χ3n) is 1.63. The molecular formula is C10H12Cl2N3S+. The molecular weight excluding hydrogens is 265 g/mol. The standard InChI is InChI=1S/C10H11Cl2N3S/c1-15(2)6-13-10(16)14-7-3-4-8(11)9(12)5-7/h3-6H,1-2H3,(H,14,16)/p+1. The number of thiocarbonyl (C=S) groups is 1. The molecule has 6 heteroatoms. The molecule has 0 saturated carbocycles. The molecule has 1 rings (SSSR count). The van der Waals surface area contributed by atoms with Crippen molar-refractivity contribution < 1.29 is 4.58 Å². The van der Waals surface area contributed by atoms with Crippen molar-refractivity contribution in [2.45, 2.75) is 0 Å². The minimum atomic E-state index is 0.492. The van der Waals surface area contributed by atoms with Crippen molar-refractivity contribution in [3.05, 3.63) is 28.2 Å². The van der Waals surface area contributed by atoms with Crippen LogP contribution in [-0.4, -0.2) is 30.1 Å². The quantitative estimate of drug-likeness (QED) is 0.376. The Labute approximate surface area is 110 Å². The van der Waals surface area contributed by atoms with Crippen LogP contribution in [0.1, 0.15) is 0 Å². The average Bonchev–Trinajstić information content (AvgIpc) is 2.21. The van der Waals surface area contributed by atoms with Crippen molar-refractivity contribution in [2.24, 2.45) is 0 Å². The van der Waals surface area contributed by atoms with Gasteiger partial charge in [0.1, 0.15) is 0 Å². The first-order chi connectivity index (χ1) is 7.49. The summed E-state index contributed by atoms with van der Waals surface area (Å²) in [5.74, 6) is 0. The van der Waals surface area contributed by atoms with E-state index in [1.807, 2.05) is 18.7 Å². The van der Waals surface area contributed by atoms with Crippen molar-refractivity contribution in [2.75, 3.05) is 19.4 Å². The van der Waals surface area contributed by atoms with Gasteiger partial charge in [-0.1, -0.05) is 23.2 Å². The van der Waals surface area contributed by atoms with Crippen LogP contribution in [0, 0.1) is 0 Å². The largest absolute Gasteiger partial charge is 0.313 e. The molecule has 86 valence electrons. The molecule has 0 fully saturated rings. The fraction of sp³-hybridized carbons (Fsp3) is 0.200. The zero-order valence-corrected chi connectivity index (χ0v) is 11.2. The van der Waals surface area contributed by atoms with Crippen LogP contribution in [0.3, 0.4) is 0 Å². The molecule has 0 aliphatic carbocycles. The number of nitrogens with one attached hydrogen (secondary N) is 2. The summed E-state index contributed by atoms with van der Waals surface area (Å²) in [6.45, 7) is 0.